The molecule has 0 aliphatic heterocycles. The summed E-state index contributed by atoms with van der Waals surface area (Å²) in [5.74, 6) is 1.38. The molecule has 3 N–H and O–H groups in total. The first-order valence-corrected chi connectivity index (χ1v) is 5.18. The Morgan fingerprint density at radius 2 is 2.33 bits per heavy atom. The average Bonchev–Trinajstić information content (AvgIpc) is 2.29. The van der Waals surface area contributed by atoms with E-state index in [0.717, 1.165) is 18.7 Å². The van der Waals surface area contributed by atoms with E-state index in [1.165, 1.54) is 0 Å². The molecule has 0 amide bonds. The summed E-state index contributed by atoms with van der Waals surface area (Å²) in [4.78, 5) is 8.27. The number of rotatable bonds is 6. The Kier molecular flexibility index (Phi) is 4.83. The highest BCUT2D eigenvalue weighted by molar-refractivity contribution is 5.39. The molecular formula is C10H18N4O. The second-order valence-electron chi connectivity index (χ2n) is 3.28. The normalized spacial score (nSPS) is 12.2. The molecule has 1 rings (SSSR count). The molecule has 0 spiro atoms. The van der Waals surface area contributed by atoms with Crippen molar-refractivity contribution in [2.45, 2.75) is 25.8 Å². The van der Waals surface area contributed by atoms with Gasteiger partial charge in [0.05, 0.1) is 0 Å². The molecule has 0 radical (unpaired) electrons. The van der Waals surface area contributed by atoms with Gasteiger partial charge in [-0.2, -0.15) is 4.98 Å². The fourth-order valence-electron chi connectivity index (χ4n) is 1.30. The van der Waals surface area contributed by atoms with Crippen LogP contribution in [-0.4, -0.2) is 34.8 Å². The van der Waals surface area contributed by atoms with E-state index in [1.807, 2.05) is 6.07 Å². The summed E-state index contributed by atoms with van der Waals surface area (Å²) < 4.78 is 0. The number of aliphatic hydroxyl groups excluding tert-OH is 1. The summed E-state index contributed by atoms with van der Waals surface area (Å²) in [5, 5.41) is 15.0. The van der Waals surface area contributed by atoms with Crippen LogP contribution in [0.4, 0.5) is 11.8 Å². The minimum absolute atomic E-state index is 0.190. The highest BCUT2D eigenvalue weighted by Crippen LogP contribution is 2.09. The lowest BCUT2D eigenvalue weighted by Crippen LogP contribution is -2.20. The van der Waals surface area contributed by atoms with Gasteiger partial charge in [0.2, 0.25) is 5.95 Å². The Morgan fingerprint density at radius 1 is 1.53 bits per heavy atom. The molecule has 0 aliphatic rings. The first-order chi connectivity index (χ1) is 7.30. The maximum Gasteiger partial charge on any atom is 0.224 e. The van der Waals surface area contributed by atoms with Crippen LogP contribution in [0.5, 0.6) is 0 Å². The van der Waals surface area contributed by atoms with Crippen molar-refractivity contribution in [3.8, 4) is 0 Å². The van der Waals surface area contributed by atoms with Crippen LogP contribution in [0.2, 0.25) is 0 Å². The van der Waals surface area contributed by atoms with Gasteiger partial charge in [0.1, 0.15) is 5.82 Å². The van der Waals surface area contributed by atoms with Gasteiger partial charge in [-0.3, -0.25) is 0 Å². The number of nitrogens with one attached hydrogen (secondary N) is 2. The van der Waals surface area contributed by atoms with Crippen LogP contribution >= 0.6 is 0 Å². The van der Waals surface area contributed by atoms with Crippen LogP contribution in [0.15, 0.2) is 12.3 Å². The Balaban J connectivity index is 2.61. The molecule has 1 aromatic heterocycles. The summed E-state index contributed by atoms with van der Waals surface area (Å²) in [7, 11) is 1.78. The third kappa shape index (κ3) is 3.71. The van der Waals surface area contributed by atoms with E-state index in [9.17, 15) is 0 Å². The lowest BCUT2D eigenvalue weighted by Gasteiger charge is -2.16. The molecule has 0 fully saturated rings. The number of anilines is 2. The summed E-state index contributed by atoms with van der Waals surface area (Å²) in [6.07, 6.45) is 3.39. The van der Waals surface area contributed by atoms with Gasteiger partial charge in [0.25, 0.3) is 0 Å². The molecule has 15 heavy (non-hydrogen) atoms. The first kappa shape index (κ1) is 11.7. The van der Waals surface area contributed by atoms with Gasteiger partial charge in [0.15, 0.2) is 0 Å². The highest BCUT2D eigenvalue weighted by Gasteiger charge is 2.06. The van der Waals surface area contributed by atoms with Crippen LogP contribution in [0, 0.1) is 0 Å². The smallest absolute Gasteiger partial charge is 0.224 e. The molecule has 5 heteroatoms. The zero-order chi connectivity index (χ0) is 11.1. The third-order valence-corrected chi connectivity index (χ3v) is 2.20. The van der Waals surface area contributed by atoms with Crippen molar-refractivity contribution in [3.63, 3.8) is 0 Å². The predicted molar refractivity (Wildman–Crippen MR) is 61.0 cm³/mol. The second-order valence-corrected chi connectivity index (χ2v) is 3.28. The van der Waals surface area contributed by atoms with E-state index in [1.54, 1.807) is 13.2 Å². The zero-order valence-corrected chi connectivity index (χ0v) is 9.20. The summed E-state index contributed by atoms with van der Waals surface area (Å²) in [6.45, 7) is 2.27. The molecule has 0 aromatic carbocycles. The van der Waals surface area contributed by atoms with Crippen molar-refractivity contribution < 1.29 is 5.11 Å². The zero-order valence-electron chi connectivity index (χ0n) is 9.20. The molecule has 84 valence electrons. The van der Waals surface area contributed by atoms with E-state index in [2.05, 4.69) is 27.5 Å². The summed E-state index contributed by atoms with van der Waals surface area (Å²) >= 11 is 0. The summed E-state index contributed by atoms with van der Waals surface area (Å²) in [6, 6.07) is 2.08. The molecule has 1 atom stereocenters. The van der Waals surface area contributed by atoms with Gasteiger partial charge in [-0.05, 0) is 18.9 Å². The molecule has 1 heterocycles. The lowest BCUT2D eigenvalue weighted by atomic mass is 10.1. The van der Waals surface area contributed by atoms with Gasteiger partial charge in [-0.25, -0.2) is 4.98 Å². The van der Waals surface area contributed by atoms with Crippen LogP contribution in [0.25, 0.3) is 0 Å². The van der Waals surface area contributed by atoms with Crippen LogP contribution in [-0.2, 0) is 0 Å². The van der Waals surface area contributed by atoms with Crippen LogP contribution in [0.1, 0.15) is 19.8 Å². The Hall–Kier alpha value is -1.36. The van der Waals surface area contributed by atoms with Gasteiger partial charge >= 0.3 is 0 Å². The fraction of sp³-hybridized carbons (Fsp3) is 0.600. The SMILES string of the molecule is CCC(CCO)Nc1ccnc(NC)n1. The molecular weight excluding hydrogens is 192 g/mol. The first-order valence-electron chi connectivity index (χ1n) is 5.18. The Bertz CT molecular complexity index is 293. The standard InChI is InChI=1S/C10H18N4O/c1-3-8(5-7-15)13-9-4-6-12-10(11-2)14-9/h4,6,8,15H,3,5,7H2,1-2H3,(H2,11,12,13,14). The van der Waals surface area contributed by atoms with Gasteiger partial charge < -0.3 is 15.7 Å². The van der Waals surface area contributed by atoms with Gasteiger partial charge in [-0.1, -0.05) is 6.92 Å². The van der Waals surface area contributed by atoms with E-state index >= 15 is 0 Å². The van der Waals surface area contributed by atoms with Crippen molar-refractivity contribution in [2.75, 3.05) is 24.3 Å². The quantitative estimate of drug-likeness (QED) is 0.655. The van der Waals surface area contributed by atoms with Crippen molar-refractivity contribution in [1.82, 2.24) is 9.97 Å². The maximum atomic E-state index is 8.86. The number of aromatic nitrogens is 2. The average molecular weight is 210 g/mol. The van der Waals surface area contributed by atoms with E-state index < -0.39 is 0 Å². The van der Waals surface area contributed by atoms with Gasteiger partial charge in [-0.15, -0.1) is 0 Å². The predicted octanol–water partition coefficient (Wildman–Crippen LogP) is 1.09. The Morgan fingerprint density at radius 3 is 2.93 bits per heavy atom. The topological polar surface area (TPSA) is 70.1 Å². The lowest BCUT2D eigenvalue weighted by molar-refractivity contribution is 0.278. The monoisotopic (exact) mass is 210 g/mol. The van der Waals surface area contributed by atoms with Gasteiger partial charge in [0, 0.05) is 25.9 Å². The number of hydrogen-bond acceptors (Lipinski definition) is 5. The fourth-order valence-corrected chi connectivity index (χ4v) is 1.30. The maximum absolute atomic E-state index is 8.86. The highest BCUT2D eigenvalue weighted by atomic mass is 16.3. The van der Waals surface area contributed by atoms with Crippen LogP contribution in [0.3, 0.4) is 0 Å². The van der Waals surface area contributed by atoms with Crippen molar-refractivity contribution in [2.24, 2.45) is 0 Å². The summed E-state index contributed by atoms with van der Waals surface area (Å²) in [5.41, 5.74) is 0. The largest absolute Gasteiger partial charge is 0.396 e. The van der Waals surface area contributed by atoms with Crippen LogP contribution < -0.4 is 10.6 Å². The van der Waals surface area contributed by atoms with E-state index in [0.29, 0.717) is 5.95 Å². The number of aliphatic hydroxyl groups is 1. The molecule has 0 saturated carbocycles. The molecule has 0 bridgehead atoms. The second kappa shape index (κ2) is 6.19. The molecule has 1 unspecified atom stereocenters. The number of hydrogen-bond donors (Lipinski definition) is 3. The van der Waals surface area contributed by atoms with Crippen molar-refractivity contribution in [3.05, 3.63) is 12.3 Å². The third-order valence-electron chi connectivity index (χ3n) is 2.20. The minimum Gasteiger partial charge on any atom is -0.396 e. The van der Waals surface area contributed by atoms with Crippen molar-refractivity contribution >= 4 is 11.8 Å². The minimum atomic E-state index is 0.190. The molecule has 1 aromatic rings. The van der Waals surface area contributed by atoms with E-state index in [-0.39, 0.29) is 12.6 Å². The molecule has 5 nitrogen and oxygen atoms in total. The molecule has 0 saturated heterocycles. The Labute approximate surface area is 90.0 Å². The molecule has 0 aliphatic carbocycles. The van der Waals surface area contributed by atoms with E-state index in [4.69, 9.17) is 5.11 Å². The van der Waals surface area contributed by atoms with Crippen molar-refractivity contribution in [1.29, 1.82) is 0 Å². The number of nitrogens with zero attached hydrogens (tertiary/aromatic N) is 2.